The van der Waals surface area contributed by atoms with Crippen molar-refractivity contribution in [2.24, 2.45) is 0 Å². The lowest BCUT2D eigenvalue weighted by atomic mass is 9.87. The number of anilines is 3. The second kappa shape index (κ2) is 16.0. The minimum absolute atomic E-state index is 1.08. The van der Waals surface area contributed by atoms with Crippen molar-refractivity contribution in [1.29, 1.82) is 0 Å². The molecule has 12 rings (SSSR count). The van der Waals surface area contributed by atoms with Gasteiger partial charge in [-0.15, -0.1) is 11.3 Å². The Balaban J connectivity index is 1.03. The molecule has 0 radical (unpaired) electrons. The van der Waals surface area contributed by atoms with Gasteiger partial charge in [-0.2, -0.15) is 0 Å². The van der Waals surface area contributed by atoms with Crippen LogP contribution in [0.25, 0.3) is 97.4 Å². The van der Waals surface area contributed by atoms with Crippen molar-refractivity contribution < 1.29 is 0 Å². The molecule has 0 aliphatic heterocycles. The molecule has 0 spiro atoms. The molecular formula is C62H41NS. The summed E-state index contributed by atoms with van der Waals surface area (Å²) < 4.78 is 2.64. The molecule has 0 atom stereocenters. The van der Waals surface area contributed by atoms with Gasteiger partial charge in [-0.3, -0.25) is 0 Å². The zero-order valence-electron chi connectivity index (χ0n) is 35.0. The summed E-state index contributed by atoms with van der Waals surface area (Å²) in [5.74, 6) is 0. The highest BCUT2D eigenvalue weighted by Crippen LogP contribution is 2.48. The number of hydrogen-bond donors (Lipinski definition) is 0. The second-order valence-corrected chi connectivity index (χ2v) is 17.5. The molecule has 0 saturated heterocycles. The number of benzene rings is 11. The summed E-state index contributed by atoms with van der Waals surface area (Å²) in [4.78, 5) is 2.44. The van der Waals surface area contributed by atoms with Crippen LogP contribution >= 0.6 is 11.3 Å². The van der Waals surface area contributed by atoms with Crippen LogP contribution in [0.4, 0.5) is 17.1 Å². The first-order valence-electron chi connectivity index (χ1n) is 21.9. The molecule has 1 aromatic heterocycles. The zero-order valence-corrected chi connectivity index (χ0v) is 35.8. The summed E-state index contributed by atoms with van der Waals surface area (Å²) >= 11 is 1.86. The van der Waals surface area contributed by atoms with Crippen LogP contribution < -0.4 is 4.90 Å². The summed E-state index contributed by atoms with van der Waals surface area (Å²) in [5.41, 5.74) is 15.1. The normalized spacial score (nSPS) is 11.4. The van der Waals surface area contributed by atoms with Crippen LogP contribution in [0.1, 0.15) is 0 Å². The van der Waals surface area contributed by atoms with Gasteiger partial charge in [0.05, 0.1) is 5.69 Å². The number of hydrogen-bond acceptors (Lipinski definition) is 2. The number of rotatable bonds is 8. The van der Waals surface area contributed by atoms with E-state index in [1.807, 2.05) is 11.3 Å². The van der Waals surface area contributed by atoms with E-state index in [2.05, 4.69) is 254 Å². The molecule has 12 aromatic rings. The highest BCUT2D eigenvalue weighted by molar-refractivity contribution is 7.25. The Morgan fingerprint density at radius 3 is 1.52 bits per heavy atom. The highest BCUT2D eigenvalue weighted by atomic mass is 32.1. The van der Waals surface area contributed by atoms with Gasteiger partial charge in [-0.1, -0.05) is 194 Å². The van der Waals surface area contributed by atoms with Gasteiger partial charge in [0, 0.05) is 37.1 Å². The fraction of sp³-hybridized carbons (Fsp3) is 0. The maximum Gasteiger partial charge on any atom is 0.0546 e. The minimum atomic E-state index is 1.08. The molecule has 0 N–H and O–H groups in total. The average Bonchev–Trinajstić information content (AvgIpc) is 3.75. The molecule has 0 unspecified atom stereocenters. The Hall–Kier alpha value is -8.04. The Labute approximate surface area is 377 Å². The molecule has 1 heterocycles. The molecule has 0 fully saturated rings. The molecule has 0 saturated carbocycles. The molecule has 300 valence electrons. The lowest BCUT2D eigenvalue weighted by Crippen LogP contribution is -2.12. The fourth-order valence-electron chi connectivity index (χ4n) is 9.57. The van der Waals surface area contributed by atoms with Crippen LogP contribution in [0.2, 0.25) is 0 Å². The van der Waals surface area contributed by atoms with Crippen LogP contribution in [0, 0.1) is 0 Å². The van der Waals surface area contributed by atoms with E-state index in [4.69, 9.17) is 0 Å². The maximum atomic E-state index is 2.44. The van der Waals surface area contributed by atoms with Gasteiger partial charge >= 0.3 is 0 Å². The first kappa shape index (κ1) is 37.7. The number of nitrogens with zero attached hydrogens (tertiary/aromatic N) is 1. The van der Waals surface area contributed by atoms with Gasteiger partial charge in [0.15, 0.2) is 0 Å². The predicted molar refractivity (Wildman–Crippen MR) is 276 cm³/mol. The van der Waals surface area contributed by atoms with Crippen LogP contribution in [-0.4, -0.2) is 0 Å². The van der Waals surface area contributed by atoms with E-state index >= 15 is 0 Å². The van der Waals surface area contributed by atoms with Crippen molar-refractivity contribution in [3.8, 4) is 55.6 Å². The van der Waals surface area contributed by atoms with Crippen molar-refractivity contribution in [3.05, 3.63) is 249 Å². The molecular weight excluding hydrogens is 791 g/mol. The largest absolute Gasteiger partial charge is 0.310 e. The van der Waals surface area contributed by atoms with Gasteiger partial charge in [-0.05, 0) is 126 Å². The topological polar surface area (TPSA) is 3.24 Å². The SMILES string of the molecule is c1ccc(-c2ccccc2-c2c(-c3ccccc3)cccc2N(c2ccc(-c3ccc4c(ccc5ccccc54)c3)cc2)c2ccc(-c3ccc4sc5ccccc5c4c3)cc2)cc1. The van der Waals surface area contributed by atoms with E-state index in [1.165, 1.54) is 97.4 Å². The Morgan fingerprint density at radius 1 is 0.266 bits per heavy atom. The predicted octanol–water partition coefficient (Wildman–Crippen LogP) is 18.2. The molecule has 11 aromatic carbocycles. The van der Waals surface area contributed by atoms with Gasteiger partial charge in [0.2, 0.25) is 0 Å². The average molecular weight is 832 g/mol. The van der Waals surface area contributed by atoms with E-state index < -0.39 is 0 Å². The van der Waals surface area contributed by atoms with Crippen molar-refractivity contribution >= 4 is 70.1 Å². The van der Waals surface area contributed by atoms with Gasteiger partial charge in [0.25, 0.3) is 0 Å². The monoisotopic (exact) mass is 831 g/mol. The molecule has 0 bridgehead atoms. The Kier molecular flexibility index (Phi) is 9.43. The molecule has 64 heavy (non-hydrogen) atoms. The molecule has 0 amide bonds. The van der Waals surface area contributed by atoms with Crippen molar-refractivity contribution in [1.82, 2.24) is 0 Å². The Bertz CT molecular complexity index is 3640. The van der Waals surface area contributed by atoms with Crippen molar-refractivity contribution in [3.63, 3.8) is 0 Å². The fourth-order valence-corrected chi connectivity index (χ4v) is 10.7. The van der Waals surface area contributed by atoms with E-state index in [1.54, 1.807) is 0 Å². The van der Waals surface area contributed by atoms with E-state index in [9.17, 15) is 0 Å². The summed E-state index contributed by atoms with van der Waals surface area (Å²) in [6, 6.07) is 91.1. The first-order chi connectivity index (χ1) is 31.7. The smallest absolute Gasteiger partial charge is 0.0546 e. The first-order valence-corrected chi connectivity index (χ1v) is 22.7. The molecule has 0 aliphatic rings. The third-order valence-corrected chi connectivity index (χ3v) is 13.8. The lowest BCUT2D eigenvalue weighted by Gasteiger charge is -2.30. The highest BCUT2D eigenvalue weighted by Gasteiger charge is 2.23. The van der Waals surface area contributed by atoms with Crippen LogP contribution in [-0.2, 0) is 0 Å². The summed E-state index contributed by atoms with van der Waals surface area (Å²) in [6.07, 6.45) is 0. The third kappa shape index (κ3) is 6.73. The molecule has 1 nitrogen and oxygen atoms in total. The second-order valence-electron chi connectivity index (χ2n) is 16.4. The standard InChI is InChI=1S/C62H41NS/c1-3-14-44(15-4-1)53-20-9-10-22-57(53)62-55(45-16-5-2-6-17-45)23-13-24-59(62)63(51-36-30-43(31-37-51)48-33-39-61-58(41-48)56-21-11-12-25-60(56)64-61)50-34-28-42(29-35-50)47-32-38-54-49(40-47)27-26-46-18-7-8-19-52(46)54/h1-41H. The number of thiophene rings is 1. The third-order valence-electron chi connectivity index (χ3n) is 12.7. The molecule has 0 aliphatic carbocycles. The quantitative estimate of drug-likeness (QED) is 0.138. The summed E-state index contributed by atoms with van der Waals surface area (Å²) in [6.45, 7) is 0. The van der Waals surface area contributed by atoms with Gasteiger partial charge in [-0.25, -0.2) is 0 Å². The lowest BCUT2D eigenvalue weighted by molar-refractivity contribution is 1.28. The minimum Gasteiger partial charge on any atom is -0.310 e. The van der Waals surface area contributed by atoms with E-state index in [0.29, 0.717) is 0 Å². The van der Waals surface area contributed by atoms with E-state index in [-0.39, 0.29) is 0 Å². The van der Waals surface area contributed by atoms with Crippen LogP contribution in [0.3, 0.4) is 0 Å². The van der Waals surface area contributed by atoms with Crippen LogP contribution in [0.15, 0.2) is 249 Å². The van der Waals surface area contributed by atoms with Crippen molar-refractivity contribution in [2.45, 2.75) is 0 Å². The van der Waals surface area contributed by atoms with E-state index in [0.717, 1.165) is 17.1 Å². The summed E-state index contributed by atoms with van der Waals surface area (Å²) in [5, 5.41) is 7.69. The maximum absolute atomic E-state index is 2.44. The van der Waals surface area contributed by atoms with Crippen molar-refractivity contribution in [2.75, 3.05) is 4.90 Å². The number of fused-ring (bicyclic) bond motifs is 6. The van der Waals surface area contributed by atoms with Crippen LogP contribution in [0.5, 0.6) is 0 Å². The molecule has 2 heteroatoms. The van der Waals surface area contributed by atoms with Gasteiger partial charge < -0.3 is 4.90 Å². The zero-order chi connectivity index (χ0) is 42.4. The summed E-state index contributed by atoms with van der Waals surface area (Å²) in [7, 11) is 0. The van der Waals surface area contributed by atoms with Gasteiger partial charge in [0.1, 0.15) is 0 Å². The Morgan fingerprint density at radius 2 is 0.781 bits per heavy atom.